The molecule has 7 heteroatoms. The van der Waals surface area contributed by atoms with Gasteiger partial charge < -0.3 is 15.0 Å². The summed E-state index contributed by atoms with van der Waals surface area (Å²) in [6, 6.07) is 7.27. The third kappa shape index (κ3) is 4.54. The average molecular weight is 370 g/mol. The van der Waals surface area contributed by atoms with Gasteiger partial charge in [0.2, 0.25) is 11.9 Å². The van der Waals surface area contributed by atoms with Crippen LogP contribution in [0, 0.1) is 13.8 Å². The number of carbonyl (C=O) groups excluding carboxylic acids is 1. The van der Waals surface area contributed by atoms with Crippen molar-refractivity contribution in [3.8, 4) is 0 Å². The van der Waals surface area contributed by atoms with Gasteiger partial charge in [0.25, 0.3) is 5.56 Å². The Hall–Kier alpha value is -2.67. The lowest BCUT2D eigenvalue weighted by Gasteiger charge is -2.29. The molecule has 27 heavy (non-hydrogen) atoms. The Bertz CT molecular complexity index is 885. The van der Waals surface area contributed by atoms with Crippen molar-refractivity contribution >= 4 is 17.5 Å². The molecule has 0 aliphatic carbocycles. The molecule has 0 radical (unpaired) electrons. The molecule has 1 amide bonds. The molecule has 0 saturated carbocycles. The number of amides is 1. The monoisotopic (exact) mass is 370 g/mol. The number of anilines is 2. The van der Waals surface area contributed by atoms with Gasteiger partial charge in [-0.15, -0.1) is 0 Å². The lowest BCUT2D eigenvalue weighted by Crippen LogP contribution is -2.42. The largest absolute Gasteiger partial charge is 0.378 e. The second-order valence-corrected chi connectivity index (χ2v) is 6.77. The molecule has 1 fully saturated rings. The molecule has 144 valence electrons. The molecule has 0 spiro atoms. The molecule has 1 aliphatic rings. The third-order valence-electron chi connectivity index (χ3n) is 4.79. The van der Waals surface area contributed by atoms with Crippen molar-refractivity contribution < 1.29 is 9.53 Å². The van der Waals surface area contributed by atoms with Gasteiger partial charge >= 0.3 is 0 Å². The zero-order valence-electron chi connectivity index (χ0n) is 16.1. The Morgan fingerprint density at radius 2 is 1.93 bits per heavy atom. The summed E-state index contributed by atoms with van der Waals surface area (Å²) >= 11 is 0. The van der Waals surface area contributed by atoms with Crippen molar-refractivity contribution in [3.05, 3.63) is 51.4 Å². The Morgan fingerprint density at radius 3 is 2.59 bits per heavy atom. The van der Waals surface area contributed by atoms with E-state index in [9.17, 15) is 9.59 Å². The number of hydrogen-bond donors (Lipinski definition) is 1. The highest BCUT2D eigenvalue weighted by Gasteiger charge is 2.20. The van der Waals surface area contributed by atoms with E-state index in [2.05, 4.69) is 10.3 Å². The summed E-state index contributed by atoms with van der Waals surface area (Å²) in [4.78, 5) is 31.8. The predicted octanol–water partition coefficient (Wildman–Crippen LogP) is 1.90. The molecule has 0 atom stereocenters. The highest BCUT2D eigenvalue weighted by molar-refractivity contribution is 5.90. The molecule has 2 aromatic rings. The second-order valence-electron chi connectivity index (χ2n) is 6.77. The minimum Gasteiger partial charge on any atom is -0.378 e. The zero-order valence-corrected chi connectivity index (χ0v) is 16.1. The summed E-state index contributed by atoms with van der Waals surface area (Å²) in [6.45, 7) is 8.38. The maximum absolute atomic E-state index is 12.6. The average Bonchev–Trinajstić information content (AvgIpc) is 2.66. The zero-order chi connectivity index (χ0) is 19.4. The van der Waals surface area contributed by atoms with Gasteiger partial charge in [-0.2, -0.15) is 0 Å². The van der Waals surface area contributed by atoms with E-state index in [0.717, 1.165) is 22.5 Å². The SMILES string of the molecule is CCc1cc(=O)n(CC(=O)Nc2ccc(C)c(C)c2)c(N2CCOCC2)n1. The summed E-state index contributed by atoms with van der Waals surface area (Å²) in [6.07, 6.45) is 0.669. The summed E-state index contributed by atoms with van der Waals surface area (Å²) in [5.74, 6) is 0.291. The highest BCUT2D eigenvalue weighted by atomic mass is 16.5. The Morgan fingerprint density at radius 1 is 1.19 bits per heavy atom. The van der Waals surface area contributed by atoms with E-state index in [4.69, 9.17) is 4.74 Å². The number of nitrogens with one attached hydrogen (secondary N) is 1. The van der Waals surface area contributed by atoms with E-state index in [-0.39, 0.29) is 18.0 Å². The standard InChI is InChI=1S/C20H26N4O3/c1-4-16-12-19(26)24(20(22-16)23-7-9-27-10-8-23)13-18(25)21-17-6-5-14(2)15(3)11-17/h5-6,11-12H,4,7-10,13H2,1-3H3,(H,21,25). The van der Waals surface area contributed by atoms with Gasteiger partial charge in [0.05, 0.1) is 13.2 Å². The van der Waals surface area contributed by atoms with Crippen LogP contribution in [0.4, 0.5) is 11.6 Å². The smallest absolute Gasteiger partial charge is 0.255 e. The quantitative estimate of drug-likeness (QED) is 0.870. The van der Waals surface area contributed by atoms with Crippen LogP contribution >= 0.6 is 0 Å². The van der Waals surface area contributed by atoms with Gasteiger partial charge in [0, 0.05) is 30.5 Å². The van der Waals surface area contributed by atoms with Gasteiger partial charge in [-0.25, -0.2) is 4.98 Å². The molecule has 1 aliphatic heterocycles. The van der Waals surface area contributed by atoms with Crippen molar-refractivity contribution in [3.63, 3.8) is 0 Å². The van der Waals surface area contributed by atoms with E-state index >= 15 is 0 Å². The number of ether oxygens (including phenoxy) is 1. The molecule has 1 aromatic carbocycles. The van der Waals surface area contributed by atoms with Crippen LogP contribution in [0.5, 0.6) is 0 Å². The fraction of sp³-hybridized carbons (Fsp3) is 0.450. The lowest BCUT2D eigenvalue weighted by molar-refractivity contribution is -0.116. The second kappa shape index (κ2) is 8.35. The maximum atomic E-state index is 12.6. The minimum atomic E-state index is -0.249. The molecule has 1 N–H and O–H groups in total. The summed E-state index contributed by atoms with van der Waals surface area (Å²) in [5, 5.41) is 2.87. The van der Waals surface area contributed by atoms with Crippen LogP contribution < -0.4 is 15.8 Å². The number of benzene rings is 1. The van der Waals surface area contributed by atoms with E-state index in [1.807, 2.05) is 43.9 Å². The first kappa shape index (κ1) is 19.1. The lowest BCUT2D eigenvalue weighted by atomic mass is 10.1. The van der Waals surface area contributed by atoms with Crippen LogP contribution in [-0.2, 0) is 22.5 Å². The van der Waals surface area contributed by atoms with Crippen molar-refractivity contribution in [2.45, 2.75) is 33.7 Å². The number of hydrogen-bond acceptors (Lipinski definition) is 5. The topological polar surface area (TPSA) is 76.5 Å². The number of nitrogens with zero attached hydrogens (tertiary/aromatic N) is 3. The normalized spacial score (nSPS) is 14.3. The van der Waals surface area contributed by atoms with Crippen LogP contribution in [0.3, 0.4) is 0 Å². The maximum Gasteiger partial charge on any atom is 0.255 e. The number of rotatable bonds is 5. The van der Waals surface area contributed by atoms with E-state index in [1.165, 1.54) is 10.6 Å². The fourth-order valence-corrected chi connectivity index (χ4v) is 3.04. The number of aryl methyl sites for hydroxylation is 3. The molecule has 3 rings (SSSR count). The Balaban J connectivity index is 1.85. The van der Waals surface area contributed by atoms with Crippen molar-refractivity contribution in [2.24, 2.45) is 0 Å². The number of aromatic nitrogens is 2. The van der Waals surface area contributed by atoms with Gasteiger partial charge in [-0.3, -0.25) is 14.2 Å². The number of carbonyl (C=O) groups is 1. The third-order valence-corrected chi connectivity index (χ3v) is 4.79. The predicted molar refractivity (Wildman–Crippen MR) is 105 cm³/mol. The molecule has 2 heterocycles. The molecular formula is C20H26N4O3. The molecule has 7 nitrogen and oxygen atoms in total. The van der Waals surface area contributed by atoms with E-state index in [0.29, 0.717) is 38.7 Å². The Labute approximate surface area is 159 Å². The first-order valence-corrected chi connectivity index (χ1v) is 9.28. The van der Waals surface area contributed by atoms with Crippen LogP contribution in [-0.4, -0.2) is 41.8 Å². The number of morpholine rings is 1. The van der Waals surface area contributed by atoms with E-state index < -0.39 is 0 Å². The van der Waals surface area contributed by atoms with Crippen LogP contribution in [0.1, 0.15) is 23.7 Å². The summed E-state index contributed by atoms with van der Waals surface area (Å²) in [5.41, 5.74) is 3.51. The molecule has 1 saturated heterocycles. The van der Waals surface area contributed by atoms with Gasteiger partial charge in [0.15, 0.2) is 0 Å². The molecule has 0 unspecified atom stereocenters. The van der Waals surface area contributed by atoms with Gasteiger partial charge in [0.1, 0.15) is 6.54 Å². The van der Waals surface area contributed by atoms with Crippen molar-refractivity contribution in [1.82, 2.24) is 9.55 Å². The summed E-state index contributed by atoms with van der Waals surface area (Å²) < 4.78 is 6.84. The fourth-order valence-electron chi connectivity index (χ4n) is 3.04. The first-order valence-electron chi connectivity index (χ1n) is 9.28. The van der Waals surface area contributed by atoms with Crippen LogP contribution in [0.2, 0.25) is 0 Å². The first-order chi connectivity index (χ1) is 13.0. The highest BCUT2D eigenvalue weighted by Crippen LogP contribution is 2.16. The molecular weight excluding hydrogens is 344 g/mol. The van der Waals surface area contributed by atoms with Crippen LogP contribution in [0.15, 0.2) is 29.1 Å². The van der Waals surface area contributed by atoms with E-state index in [1.54, 1.807) is 0 Å². The molecule has 0 bridgehead atoms. The summed E-state index contributed by atoms with van der Waals surface area (Å²) in [7, 11) is 0. The minimum absolute atomic E-state index is 0.0740. The van der Waals surface area contributed by atoms with Crippen molar-refractivity contribution in [2.75, 3.05) is 36.5 Å². The van der Waals surface area contributed by atoms with Gasteiger partial charge in [-0.05, 0) is 43.5 Å². The van der Waals surface area contributed by atoms with Crippen LogP contribution in [0.25, 0.3) is 0 Å². The Kier molecular flexibility index (Phi) is 5.91. The van der Waals surface area contributed by atoms with Gasteiger partial charge in [-0.1, -0.05) is 13.0 Å². The van der Waals surface area contributed by atoms with Crippen molar-refractivity contribution in [1.29, 1.82) is 0 Å². The molecule has 1 aromatic heterocycles.